The second-order valence-corrected chi connectivity index (χ2v) is 9.57. The summed E-state index contributed by atoms with van der Waals surface area (Å²) < 4.78 is 122. The first-order chi connectivity index (χ1) is 18.8. The van der Waals surface area contributed by atoms with Crippen molar-refractivity contribution < 1.29 is 54.2 Å². The van der Waals surface area contributed by atoms with E-state index in [1.807, 2.05) is 0 Å². The van der Waals surface area contributed by atoms with Gasteiger partial charge in [0, 0.05) is 16.9 Å². The van der Waals surface area contributed by atoms with Crippen molar-refractivity contribution in [2.45, 2.75) is 44.3 Å². The van der Waals surface area contributed by atoms with Gasteiger partial charge in [-0.1, -0.05) is 26.0 Å². The lowest BCUT2D eigenvalue weighted by Gasteiger charge is -2.39. The maximum absolute atomic E-state index is 13.9. The second-order valence-electron chi connectivity index (χ2n) is 9.57. The van der Waals surface area contributed by atoms with Gasteiger partial charge < -0.3 is 9.84 Å². The third-order valence-electron chi connectivity index (χ3n) is 6.48. The Morgan fingerprint density at radius 2 is 1.27 bits per heavy atom. The van der Waals surface area contributed by atoms with Gasteiger partial charge in [0.15, 0.2) is 5.72 Å². The summed E-state index contributed by atoms with van der Waals surface area (Å²) >= 11 is 0. The van der Waals surface area contributed by atoms with Crippen LogP contribution in [0.3, 0.4) is 0 Å². The predicted octanol–water partition coefficient (Wildman–Crippen LogP) is 7.94. The van der Waals surface area contributed by atoms with Gasteiger partial charge in [0.1, 0.15) is 5.75 Å². The van der Waals surface area contributed by atoms with E-state index in [4.69, 9.17) is 0 Å². The summed E-state index contributed by atoms with van der Waals surface area (Å²) in [6, 6.07) is 8.14. The topological polar surface area (TPSA) is 53.0 Å². The number of carbonyl (C=O) groups excluding carboxylic acids is 1. The smallest absolute Gasteiger partial charge is 0.406 e. The molecule has 4 rings (SSSR count). The van der Waals surface area contributed by atoms with Crippen molar-refractivity contribution in [3.8, 4) is 5.75 Å². The molecule has 1 aliphatic rings. The summed E-state index contributed by atoms with van der Waals surface area (Å²) in [6.45, 7) is 3.10. The van der Waals surface area contributed by atoms with Gasteiger partial charge in [-0.25, -0.2) is 4.79 Å². The van der Waals surface area contributed by atoms with Crippen molar-refractivity contribution in [1.82, 2.24) is 0 Å². The zero-order valence-electron chi connectivity index (χ0n) is 21.1. The van der Waals surface area contributed by atoms with Crippen LogP contribution >= 0.6 is 0 Å². The number of benzene rings is 3. The highest BCUT2D eigenvalue weighted by atomic mass is 19.4. The molecule has 220 valence electrons. The number of alkyl halides is 9. The van der Waals surface area contributed by atoms with Crippen LogP contribution in [0.15, 0.2) is 72.8 Å². The highest BCUT2D eigenvalue weighted by Gasteiger charge is 2.60. The predicted molar refractivity (Wildman–Crippen MR) is 129 cm³/mol. The van der Waals surface area contributed by atoms with Crippen molar-refractivity contribution >= 4 is 17.4 Å². The van der Waals surface area contributed by atoms with Gasteiger partial charge in [0.05, 0.1) is 17.2 Å². The van der Waals surface area contributed by atoms with Crippen LogP contribution in [0.25, 0.3) is 0 Å². The first kappa shape index (κ1) is 30.0. The minimum Gasteiger partial charge on any atom is -0.406 e. The monoisotopic (exact) mass is 592 g/mol. The van der Waals surface area contributed by atoms with Crippen molar-refractivity contribution in [2.75, 3.05) is 9.80 Å². The normalized spacial score (nSPS) is 20.2. The summed E-state index contributed by atoms with van der Waals surface area (Å²) in [6.07, 6.45) is -14.5. The molecule has 14 heteroatoms. The number of amides is 2. The van der Waals surface area contributed by atoms with E-state index in [1.54, 1.807) is 13.8 Å². The number of aliphatic hydroxyl groups is 1. The minimum absolute atomic E-state index is 0.0998. The molecule has 1 unspecified atom stereocenters. The number of urea groups is 1. The van der Waals surface area contributed by atoms with Crippen LogP contribution in [0, 0.1) is 5.92 Å². The van der Waals surface area contributed by atoms with E-state index in [2.05, 4.69) is 4.74 Å². The van der Waals surface area contributed by atoms with Gasteiger partial charge in [-0.3, -0.25) is 9.80 Å². The van der Waals surface area contributed by atoms with Gasteiger partial charge in [0.2, 0.25) is 0 Å². The lowest BCUT2D eigenvalue weighted by molar-refractivity contribution is -0.274. The van der Waals surface area contributed by atoms with Crippen LogP contribution in [0.4, 0.5) is 55.7 Å². The molecule has 3 aromatic carbocycles. The first-order valence-corrected chi connectivity index (χ1v) is 11.9. The Hall–Kier alpha value is -3.94. The molecule has 0 aromatic heterocycles. The third kappa shape index (κ3) is 5.78. The Kier molecular flexibility index (Phi) is 7.44. The van der Waals surface area contributed by atoms with Crippen LogP contribution in [-0.2, 0) is 18.1 Å². The molecule has 41 heavy (non-hydrogen) atoms. The maximum atomic E-state index is 13.9. The molecule has 3 aromatic rings. The van der Waals surface area contributed by atoms with E-state index in [-0.39, 0.29) is 16.9 Å². The summed E-state index contributed by atoms with van der Waals surface area (Å²) in [5.74, 6) is -1.45. The van der Waals surface area contributed by atoms with E-state index in [0.717, 1.165) is 47.4 Å². The minimum atomic E-state index is -5.11. The van der Waals surface area contributed by atoms with E-state index in [0.29, 0.717) is 29.2 Å². The van der Waals surface area contributed by atoms with E-state index < -0.39 is 59.3 Å². The quantitative estimate of drug-likeness (QED) is 0.306. The molecular weight excluding hydrogens is 571 g/mol. The Labute approximate surface area is 227 Å². The zero-order valence-corrected chi connectivity index (χ0v) is 21.1. The number of carbonyl (C=O) groups is 1. The molecule has 1 heterocycles. The van der Waals surface area contributed by atoms with Crippen LogP contribution in [0.5, 0.6) is 5.75 Å². The number of hydrogen-bond donors (Lipinski definition) is 1. The molecule has 1 aliphatic heterocycles. The average molecular weight is 592 g/mol. The fourth-order valence-electron chi connectivity index (χ4n) is 4.86. The molecule has 1 fully saturated rings. The Morgan fingerprint density at radius 3 is 1.71 bits per heavy atom. The van der Waals surface area contributed by atoms with Crippen molar-refractivity contribution in [2.24, 2.45) is 5.92 Å². The molecule has 0 radical (unpaired) electrons. The average Bonchev–Trinajstić information content (AvgIpc) is 3.10. The molecule has 0 aliphatic carbocycles. The molecule has 0 spiro atoms. The third-order valence-corrected chi connectivity index (χ3v) is 6.48. The van der Waals surface area contributed by atoms with Gasteiger partial charge in [-0.15, -0.1) is 13.2 Å². The molecule has 0 saturated carbocycles. The molecule has 2 atom stereocenters. The highest BCUT2D eigenvalue weighted by molar-refractivity contribution is 6.08. The van der Waals surface area contributed by atoms with Crippen LogP contribution in [-0.4, -0.2) is 23.5 Å². The Bertz CT molecular complexity index is 1400. The van der Waals surface area contributed by atoms with Gasteiger partial charge in [-0.2, -0.15) is 26.3 Å². The molecule has 1 N–H and O–H groups in total. The number of halogens is 9. The molecule has 2 amide bonds. The zero-order chi connectivity index (χ0) is 30.5. The van der Waals surface area contributed by atoms with Gasteiger partial charge >= 0.3 is 24.7 Å². The molecule has 1 saturated heterocycles. The van der Waals surface area contributed by atoms with E-state index >= 15 is 0 Å². The number of ether oxygens (including phenoxy) is 1. The van der Waals surface area contributed by atoms with Gasteiger partial charge in [-0.05, 0) is 66.6 Å². The lowest BCUT2D eigenvalue weighted by Crippen LogP contribution is -2.52. The van der Waals surface area contributed by atoms with Crippen molar-refractivity contribution in [3.05, 3.63) is 89.5 Å². The number of nitrogens with zero attached hydrogens (tertiary/aromatic N) is 2. The maximum Gasteiger partial charge on any atom is 0.573 e. The largest absolute Gasteiger partial charge is 0.573 e. The highest BCUT2D eigenvalue weighted by Crippen LogP contribution is 2.48. The van der Waals surface area contributed by atoms with E-state index in [1.165, 1.54) is 6.07 Å². The Morgan fingerprint density at radius 1 is 0.780 bits per heavy atom. The SMILES string of the molecule is CC(C)[C@H]1N(c2ccc(C(F)(F)F)cc2)C(=O)N(c2ccc(C(F)(F)F)cc2)C1(O)c1cccc(OC(F)(F)F)c1. The molecular formula is C27H21F9N2O3. The molecule has 0 bridgehead atoms. The Balaban J connectivity index is 1.93. The summed E-state index contributed by atoms with van der Waals surface area (Å²) in [7, 11) is 0. The number of hydrogen-bond acceptors (Lipinski definition) is 3. The number of rotatable bonds is 5. The van der Waals surface area contributed by atoms with Crippen LogP contribution in [0.2, 0.25) is 0 Å². The summed E-state index contributed by atoms with van der Waals surface area (Å²) in [4.78, 5) is 15.6. The fourth-order valence-corrected chi connectivity index (χ4v) is 4.86. The molecule has 5 nitrogen and oxygen atoms in total. The van der Waals surface area contributed by atoms with Gasteiger partial charge in [0.25, 0.3) is 0 Å². The van der Waals surface area contributed by atoms with Crippen LogP contribution in [0.1, 0.15) is 30.5 Å². The second kappa shape index (κ2) is 10.2. The van der Waals surface area contributed by atoms with Crippen molar-refractivity contribution in [3.63, 3.8) is 0 Å². The summed E-state index contributed by atoms with van der Waals surface area (Å²) in [5, 5.41) is 12.3. The lowest BCUT2D eigenvalue weighted by atomic mass is 9.86. The standard InChI is InChI=1S/C27H21F9N2O3/c1-15(2)22-24(40,18-4-3-5-21(14-18)41-27(34,35)36)38(20-12-8-17(9-13-20)26(31,32)33)23(39)37(22)19-10-6-16(7-11-19)25(28,29)30/h3-15,22,40H,1-2H3/t22-,24?/m1/s1. The van der Waals surface area contributed by atoms with E-state index in [9.17, 15) is 49.4 Å². The number of anilines is 2. The summed E-state index contributed by atoms with van der Waals surface area (Å²) in [5.41, 5.74) is -5.28. The first-order valence-electron chi connectivity index (χ1n) is 11.9. The fraction of sp³-hybridized carbons (Fsp3) is 0.296. The van der Waals surface area contributed by atoms with Crippen molar-refractivity contribution in [1.29, 1.82) is 0 Å². The van der Waals surface area contributed by atoms with Crippen LogP contribution < -0.4 is 14.5 Å².